The number of morpholine rings is 1. The molecule has 0 unspecified atom stereocenters. The summed E-state index contributed by atoms with van der Waals surface area (Å²) >= 11 is 6.32. The van der Waals surface area contributed by atoms with E-state index in [0.717, 1.165) is 40.4 Å². The standard InChI is InChI=1S/C21H26ClN3O3S/c1-16-12-17(13-18-6-2-3-7-19(18)22)14-20(23-16)21-15-25(10-11-28-21)29(26,27)24-8-4-5-9-24/h2-3,6-7,12,14,21H,4-5,8-11,13,15H2,1H3/t21-/m0/s1. The monoisotopic (exact) mass is 435 g/mol. The van der Waals surface area contributed by atoms with Crippen LogP contribution >= 0.6 is 11.6 Å². The minimum Gasteiger partial charge on any atom is -0.369 e. The second kappa shape index (κ2) is 8.70. The molecule has 2 fully saturated rings. The maximum Gasteiger partial charge on any atom is 0.282 e. The summed E-state index contributed by atoms with van der Waals surface area (Å²) in [6.45, 7) is 4.20. The molecule has 0 radical (unpaired) electrons. The van der Waals surface area contributed by atoms with Gasteiger partial charge in [-0.1, -0.05) is 29.8 Å². The van der Waals surface area contributed by atoms with Crippen molar-refractivity contribution in [2.75, 3.05) is 32.8 Å². The molecule has 0 bridgehead atoms. The minimum absolute atomic E-state index is 0.292. The Morgan fingerprint density at radius 3 is 2.66 bits per heavy atom. The van der Waals surface area contributed by atoms with Crippen LogP contribution in [-0.4, -0.2) is 54.8 Å². The third-order valence-electron chi connectivity index (χ3n) is 5.46. The number of nitrogens with zero attached hydrogens (tertiary/aromatic N) is 3. The highest BCUT2D eigenvalue weighted by Crippen LogP contribution is 2.27. The number of ether oxygens (including phenoxy) is 1. The summed E-state index contributed by atoms with van der Waals surface area (Å²) in [5, 5.41) is 0.736. The maximum absolute atomic E-state index is 12.9. The van der Waals surface area contributed by atoms with Crippen LogP contribution in [0.3, 0.4) is 0 Å². The van der Waals surface area contributed by atoms with Crippen molar-refractivity contribution in [2.45, 2.75) is 32.3 Å². The predicted octanol–water partition coefficient (Wildman–Crippen LogP) is 3.35. The number of aryl methyl sites for hydroxylation is 1. The molecule has 0 amide bonds. The topological polar surface area (TPSA) is 62.7 Å². The van der Waals surface area contributed by atoms with Gasteiger partial charge in [0.15, 0.2) is 0 Å². The molecular formula is C21H26ClN3O3S. The molecule has 2 aliphatic heterocycles. The van der Waals surface area contributed by atoms with Gasteiger partial charge in [-0.3, -0.25) is 4.98 Å². The zero-order chi connectivity index (χ0) is 20.4. The third-order valence-corrected chi connectivity index (χ3v) is 7.83. The molecule has 2 saturated heterocycles. The van der Waals surface area contributed by atoms with Crippen molar-refractivity contribution in [3.8, 4) is 0 Å². The lowest BCUT2D eigenvalue weighted by atomic mass is 10.0. The Morgan fingerprint density at radius 1 is 1.14 bits per heavy atom. The number of benzene rings is 1. The first-order valence-corrected chi connectivity index (χ1v) is 11.8. The van der Waals surface area contributed by atoms with Gasteiger partial charge in [-0.25, -0.2) is 0 Å². The molecule has 1 aromatic heterocycles. The van der Waals surface area contributed by atoms with Crippen molar-refractivity contribution in [3.05, 3.63) is 63.9 Å². The van der Waals surface area contributed by atoms with E-state index in [1.54, 1.807) is 8.61 Å². The van der Waals surface area contributed by atoms with Gasteiger partial charge in [-0.05, 0) is 55.5 Å². The Labute approximate surface area is 177 Å². The average molecular weight is 436 g/mol. The fourth-order valence-electron chi connectivity index (χ4n) is 3.99. The molecule has 0 aliphatic carbocycles. The summed E-state index contributed by atoms with van der Waals surface area (Å²) in [6, 6.07) is 11.8. The van der Waals surface area contributed by atoms with Crippen LogP contribution in [0.2, 0.25) is 5.02 Å². The molecule has 0 N–H and O–H groups in total. The first-order valence-electron chi connectivity index (χ1n) is 10.0. The van der Waals surface area contributed by atoms with Gasteiger partial charge in [0.2, 0.25) is 0 Å². The molecule has 2 aliphatic rings. The summed E-state index contributed by atoms with van der Waals surface area (Å²) in [5.41, 5.74) is 3.79. The van der Waals surface area contributed by atoms with Crippen LogP contribution in [0, 0.1) is 6.92 Å². The molecule has 1 atom stereocenters. The lowest BCUT2D eigenvalue weighted by molar-refractivity contribution is -0.00656. The second-order valence-electron chi connectivity index (χ2n) is 7.64. The van der Waals surface area contributed by atoms with Crippen LogP contribution in [0.4, 0.5) is 0 Å². The molecule has 3 heterocycles. The molecule has 0 spiro atoms. The van der Waals surface area contributed by atoms with Gasteiger partial charge in [0.1, 0.15) is 6.10 Å². The van der Waals surface area contributed by atoms with Gasteiger partial charge in [0, 0.05) is 36.9 Å². The first kappa shape index (κ1) is 20.8. The second-order valence-corrected chi connectivity index (χ2v) is 9.98. The van der Waals surface area contributed by atoms with E-state index in [1.807, 2.05) is 43.3 Å². The van der Waals surface area contributed by atoms with Crippen molar-refractivity contribution in [1.29, 1.82) is 0 Å². The molecule has 2 aromatic rings. The van der Waals surface area contributed by atoms with Gasteiger partial charge >= 0.3 is 0 Å². The fourth-order valence-corrected chi connectivity index (χ4v) is 5.87. The zero-order valence-corrected chi connectivity index (χ0v) is 18.1. The molecule has 4 rings (SSSR count). The molecule has 6 nitrogen and oxygen atoms in total. The Kier molecular flexibility index (Phi) is 6.22. The Hall–Kier alpha value is -1.51. The van der Waals surface area contributed by atoms with E-state index in [0.29, 0.717) is 39.2 Å². The summed E-state index contributed by atoms with van der Waals surface area (Å²) in [6.07, 6.45) is 2.18. The van der Waals surface area contributed by atoms with Crippen LogP contribution in [0.5, 0.6) is 0 Å². The predicted molar refractivity (Wildman–Crippen MR) is 113 cm³/mol. The van der Waals surface area contributed by atoms with Crippen molar-refractivity contribution >= 4 is 21.8 Å². The highest BCUT2D eigenvalue weighted by atomic mass is 35.5. The van der Waals surface area contributed by atoms with Crippen LogP contribution in [0.25, 0.3) is 0 Å². The molecular weight excluding hydrogens is 410 g/mol. The number of hydrogen-bond acceptors (Lipinski definition) is 4. The van der Waals surface area contributed by atoms with Crippen molar-refractivity contribution in [2.24, 2.45) is 0 Å². The number of halogens is 1. The molecule has 0 saturated carbocycles. The Balaban J connectivity index is 1.54. The van der Waals surface area contributed by atoms with Gasteiger partial charge in [0.05, 0.1) is 12.3 Å². The number of rotatable bonds is 5. The van der Waals surface area contributed by atoms with E-state index in [4.69, 9.17) is 16.3 Å². The lowest BCUT2D eigenvalue weighted by Crippen LogP contribution is -2.48. The lowest BCUT2D eigenvalue weighted by Gasteiger charge is -2.34. The normalized spacial score (nSPS) is 21.5. The largest absolute Gasteiger partial charge is 0.369 e. The summed E-state index contributed by atoms with van der Waals surface area (Å²) in [5.74, 6) is 0. The van der Waals surface area contributed by atoms with Crippen molar-refractivity contribution in [1.82, 2.24) is 13.6 Å². The Bertz CT molecular complexity index is 977. The zero-order valence-electron chi connectivity index (χ0n) is 16.6. The van der Waals surface area contributed by atoms with E-state index < -0.39 is 10.2 Å². The molecule has 1 aromatic carbocycles. The summed E-state index contributed by atoms with van der Waals surface area (Å²) in [4.78, 5) is 4.64. The number of pyridine rings is 1. The van der Waals surface area contributed by atoms with Gasteiger partial charge in [-0.2, -0.15) is 17.0 Å². The van der Waals surface area contributed by atoms with Crippen LogP contribution < -0.4 is 0 Å². The van der Waals surface area contributed by atoms with Gasteiger partial charge < -0.3 is 4.74 Å². The molecule has 156 valence electrons. The maximum atomic E-state index is 12.9. The molecule has 8 heteroatoms. The number of aromatic nitrogens is 1. The summed E-state index contributed by atoms with van der Waals surface area (Å²) in [7, 11) is -3.44. The highest BCUT2D eigenvalue weighted by molar-refractivity contribution is 7.86. The SMILES string of the molecule is Cc1cc(Cc2ccccc2Cl)cc([C@@H]2CN(S(=O)(=O)N3CCCC3)CCO2)n1. The van der Waals surface area contributed by atoms with E-state index in [9.17, 15) is 8.42 Å². The van der Waals surface area contributed by atoms with Crippen LogP contribution in [-0.2, 0) is 21.4 Å². The first-order chi connectivity index (χ1) is 13.9. The Morgan fingerprint density at radius 2 is 1.90 bits per heavy atom. The average Bonchev–Trinajstić information content (AvgIpc) is 3.25. The fraction of sp³-hybridized carbons (Fsp3) is 0.476. The smallest absolute Gasteiger partial charge is 0.282 e. The minimum atomic E-state index is -3.44. The van der Waals surface area contributed by atoms with Crippen LogP contribution in [0.1, 0.15) is 41.5 Å². The van der Waals surface area contributed by atoms with Gasteiger partial charge in [-0.15, -0.1) is 0 Å². The highest BCUT2D eigenvalue weighted by Gasteiger charge is 2.36. The van der Waals surface area contributed by atoms with E-state index in [2.05, 4.69) is 4.98 Å². The van der Waals surface area contributed by atoms with E-state index in [-0.39, 0.29) is 6.10 Å². The van der Waals surface area contributed by atoms with E-state index >= 15 is 0 Å². The van der Waals surface area contributed by atoms with E-state index in [1.165, 1.54) is 0 Å². The van der Waals surface area contributed by atoms with Crippen molar-refractivity contribution < 1.29 is 13.2 Å². The third kappa shape index (κ3) is 4.64. The molecule has 29 heavy (non-hydrogen) atoms. The quantitative estimate of drug-likeness (QED) is 0.722. The van der Waals surface area contributed by atoms with Crippen molar-refractivity contribution in [3.63, 3.8) is 0 Å². The summed E-state index contributed by atoms with van der Waals surface area (Å²) < 4.78 is 34.9. The number of hydrogen-bond donors (Lipinski definition) is 0. The van der Waals surface area contributed by atoms with Crippen LogP contribution in [0.15, 0.2) is 36.4 Å². The van der Waals surface area contributed by atoms with Gasteiger partial charge in [0.25, 0.3) is 10.2 Å².